The van der Waals surface area contributed by atoms with Crippen molar-refractivity contribution in [3.8, 4) is 0 Å². The van der Waals surface area contributed by atoms with Gasteiger partial charge in [-0.2, -0.15) is 0 Å². The first-order valence-electron chi connectivity index (χ1n) is 10.8. The van der Waals surface area contributed by atoms with Crippen molar-refractivity contribution in [1.82, 2.24) is 0 Å². The van der Waals surface area contributed by atoms with Crippen LogP contribution in [-0.4, -0.2) is 36.2 Å². The van der Waals surface area contributed by atoms with Gasteiger partial charge in [0.1, 0.15) is 6.29 Å². The lowest BCUT2D eigenvalue weighted by Gasteiger charge is -2.36. The molecular formula is C25H35NO4SSi. The molecule has 32 heavy (non-hydrogen) atoms. The summed E-state index contributed by atoms with van der Waals surface area (Å²) in [6.45, 7) is 13.7. The van der Waals surface area contributed by atoms with Gasteiger partial charge in [0.2, 0.25) is 0 Å². The minimum atomic E-state index is -3.79. The van der Waals surface area contributed by atoms with Gasteiger partial charge in [-0.1, -0.05) is 62.8 Å². The second-order valence-electron chi connectivity index (χ2n) is 9.43. The Morgan fingerprint density at radius 3 is 2.28 bits per heavy atom. The third-order valence-corrected chi connectivity index (χ3v) is 12.2. The van der Waals surface area contributed by atoms with Gasteiger partial charge in [0.15, 0.2) is 8.32 Å². The van der Waals surface area contributed by atoms with E-state index in [1.165, 1.54) is 4.31 Å². The summed E-state index contributed by atoms with van der Waals surface area (Å²) in [5, 5.41) is 0.152. The number of aldehydes is 1. The Bertz CT molecular complexity index is 1040. The van der Waals surface area contributed by atoms with E-state index in [9.17, 15) is 13.2 Å². The normalized spacial score (nSPS) is 12.8. The molecule has 0 N–H and O–H groups in total. The topological polar surface area (TPSA) is 63.7 Å². The molecule has 0 aliphatic heterocycles. The number of aryl methyl sites for hydroxylation is 1. The van der Waals surface area contributed by atoms with Gasteiger partial charge in [-0.15, -0.1) is 0 Å². The standard InChI is InChI=1S/C25H35NO4SSi/c1-21-13-15-24(16-14-21)31(28,29)26(23-12-10-11-22(19-23)20-27)17-8-7-9-18-30-32(5,6)25(2,3)4/h7-8,10-16,19-20H,9,17-18H2,1-6H3. The van der Waals surface area contributed by atoms with Crippen molar-refractivity contribution in [2.75, 3.05) is 17.5 Å². The van der Waals surface area contributed by atoms with E-state index >= 15 is 0 Å². The third-order valence-electron chi connectivity index (χ3n) is 5.89. The Kier molecular flexibility index (Phi) is 8.62. The summed E-state index contributed by atoms with van der Waals surface area (Å²) in [5.74, 6) is 0. The van der Waals surface area contributed by atoms with Crippen molar-refractivity contribution in [2.45, 2.75) is 57.1 Å². The molecule has 0 spiro atoms. The molecule has 0 bridgehead atoms. The van der Waals surface area contributed by atoms with Gasteiger partial charge < -0.3 is 4.43 Å². The molecule has 2 aromatic carbocycles. The zero-order valence-corrected chi connectivity index (χ0v) is 21.8. The minimum absolute atomic E-state index is 0.152. The fraction of sp³-hybridized carbons (Fsp3) is 0.400. The fourth-order valence-electron chi connectivity index (χ4n) is 2.82. The van der Waals surface area contributed by atoms with Crippen molar-refractivity contribution in [2.24, 2.45) is 0 Å². The van der Waals surface area contributed by atoms with E-state index in [1.807, 2.05) is 19.1 Å². The molecule has 5 nitrogen and oxygen atoms in total. The molecule has 0 radical (unpaired) electrons. The van der Waals surface area contributed by atoms with E-state index in [2.05, 4.69) is 33.9 Å². The molecule has 174 valence electrons. The lowest BCUT2D eigenvalue weighted by atomic mass is 10.2. The maximum atomic E-state index is 13.4. The Balaban J connectivity index is 2.20. The van der Waals surface area contributed by atoms with Crippen molar-refractivity contribution in [3.05, 3.63) is 71.8 Å². The lowest BCUT2D eigenvalue weighted by Crippen LogP contribution is -2.40. The Labute approximate surface area is 194 Å². The first kappa shape index (κ1) is 26.0. The molecule has 0 aliphatic rings. The monoisotopic (exact) mass is 473 g/mol. The SMILES string of the molecule is Cc1ccc(S(=O)(=O)N(CC=CCCO[Si](C)(C)C(C)(C)C)c2cccc(C=O)c2)cc1. The van der Waals surface area contributed by atoms with Crippen LogP contribution in [0.5, 0.6) is 0 Å². The Hall–Kier alpha value is -2.22. The molecule has 0 atom stereocenters. The third kappa shape index (κ3) is 6.64. The number of hydrogen-bond acceptors (Lipinski definition) is 4. The van der Waals surface area contributed by atoms with Gasteiger partial charge in [-0.3, -0.25) is 9.10 Å². The van der Waals surface area contributed by atoms with E-state index in [0.717, 1.165) is 5.56 Å². The van der Waals surface area contributed by atoms with E-state index < -0.39 is 18.3 Å². The minimum Gasteiger partial charge on any atom is -0.417 e. The smallest absolute Gasteiger partial charge is 0.264 e. The highest BCUT2D eigenvalue weighted by molar-refractivity contribution is 7.92. The average molecular weight is 474 g/mol. The predicted molar refractivity (Wildman–Crippen MR) is 134 cm³/mol. The van der Waals surface area contributed by atoms with Crippen molar-refractivity contribution >= 4 is 30.3 Å². The molecule has 7 heteroatoms. The zero-order valence-electron chi connectivity index (χ0n) is 20.0. The summed E-state index contributed by atoms with van der Waals surface area (Å²) in [6.07, 6.45) is 5.22. The number of rotatable bonds is 10. The highest BCUT2D eigenvalue weighted by Crippen LogP contribution is 2.36. The van der Waals surface area contributed by atoms with Crippen LogP contribution >= 0.6 is 0 Å². The molecule has 0 aliphatic carbocycles. The van der Waals surface area contributed by atoms with Gasteiger partial charge in [0.05, 0.1) is 17.1 Å². The fourth-order valence-corrected chi connectivity index (χ4v) is 5.29. The van der Waals surface area contributed by atoms with Gasteiger partial charge in [-0.05, 0) is 55.7 Å². The molecule has 0 heterocycles. The molecule has 0 saturated carbocycles. The molecule has 0 amide bonds. The summed E-state index contributed by atoms with van der Waals surface area (Å²) in [5.41, 5.74) is 1.87. The first-order chi connectivity index (χ1) is 14.9. The molecule has 2 rings (SSSR count). The quantitative estimate of drug-likeness (QED) is 0.184. The van der Waals surface area contributed by atoms with Crippen molar-refractivity contribution in [1.29, 1.82) is 0 Å². The van der Waals surface area contributed by atoms with Crippen LogP contribution in [0.2, 0.25) is 18.1 Å². The molecule has 0 unspecified atom stereocenters. The highest BCUT2D eigenvalue weighted by atomic mass is 32.2. The number of hydrogen-bond donors (Lipinski definition) is 0. The van der Waals surface area contributed by atoms with Gasteiger partial charge in [-0.25, -0.2) is 8.42 Å². The van der Waals surface area contributed by atoms with E-state index in [4.69, 9.17) is 4.43 Å². The maximum Gasteiger partial charge on any atom is 0.264 e. The van der Waals surface area contributed by atoms with Crippen LogP contribution in [0.3, 0.4) is 0 Å². The van der Waals surface area contributed by atoms with Crippen LogP contribution in [0.4, 0.5) is 5.69 Å². The summed E-state index contributed by atoms with van der Waals surface area (Å²) in [6, 6.07) is 13.4. The summed E-state index contributed by atoms with van der Waals surface area (Å²) in [7, 11) is -5.59. The van der Waals surface area contributed by atoms with Crippen LogP contribution in [-0.2, 0) is 14.4 Å². The lowest BCUT2D eigenvalue weighted by molar-refractivity contribution is 0.112. The van der Waals surface area contributed by atoms with Crippen LogP contribution in [0.15, 0.2) is 65.6 Å². The largest absolute Gasteiger partial charge is 0.417 e. The molecule has 0 aromatic heterocycles. The Morgan fingerprint density at radius 2 is 1.69 bits per heavy atom. The summed E-state index contributed by atoms with van der Waals surface area (Å²) >= 11 is 0. The average Bonchev–Trinajstić information content (AvgIpc) is 2.72. The predicted octanol–water partition coefficient (Wildman–Crippen LogP) is 5.97. The first-order valence-corrected chi connectivity index (χ1v) is 15.2. The second-order valence-corrected chi connectivity index (χ2v) is 16.1. The van der Waals surface area contributed by atoms with Crippen molar-refractivity contribution in [3.63, 3.8) is 0 Å². The number of anilines is 1. The summed E-state index contributed by atoms with van der Waals surface area (Å²) < 4.78 is 34.3. The molecule has 0 saturated heterocycles. The number of nitrogens with zero attached hydrogens (tertiary/aromatic N) is 1. The van der Waals surface area contributed by atoms with E-state index in [-0.39, 0.29) is 16.5 Å². The van der Waals surface area contributed by atoms with Crippen molar-refractivity contribution < 1.29 is 17.6 Å². The number of sulfonamides is 1. The van der Waals surface area contributed by atoms with Crippen LogP contribution in [0, 0.1) is 6.92 Å². The van der Waals surface area contributed by atoms with Gasteiger partial charge >= 0.3 is 0 Å². The van der Waals surface area contributed by atoms with E-state index in [1.54, 1.807) is 48.5 Å². The summed E-state index contributed by atoms with van der Waals surface area (Å²) in [4.78, 5) is 11.4. The van der Waals surface area contributed by atoms with Crippen LogP contribution in [0.25, 0.3) is 0 Å². The van der Waals surface area contributed by atoms with Crippen LogP contribution < -0.4 is 4.31 Å². The number of benzene rings is 2. The highest BCUT2D eigenvalue weighted by Gasteiger charge is 2.36. The molecular weight excluding hydrogens is 438 g/mol. The Morgan fingerprint density at radius 1 is 1.03 bits per heavy atom. The second kappa shape index (κ2) is 10.6. The van der Waals surface area contributed by atoms with E-state index in [0.29, 0.717) is 30.6 Å². The number of carbonyl (C=O) groups is 1. The van der Waals surface area contributed by atoms with Gasteiger partial charge in [0, 0.05) is 12.2 Å². The molecule has 2 aromatic rings. The number of carbonyl (C=O) groups excluding carboxylic acids is 1. The van der Waals surface area contributed by atoms with Crippen LogP contribution in [0.1, 0.15) is 43.1 Å². The maximum absolute atomic E-state index is 13.4. The zero-order chi connectivity index (χ0) is 24.0. The van der Waals surface area contributed by atoms with Gasteiger partial charge in [0.25, 0.3) is 10.0 Å². The molecule has 0 fully saturated rings.